The lowest BCUT2D eigenvalue weighted by Crippen LogP contribution is -2.13. The minimum absolute atomic E-state index is 0.133. The normalized spacial score (nSPS) is 10.6. The molecule has 37 heavy (non-hydrogen) atoms. The number of para-hydroxylation sites is 1. The first-order chi connectivity index (χ1) is 18.1. The molecule has 0 fully saturated rings. The Morgan fingerprint density at radius 2 is 1.57 bits per heavy atom. The molecule has 0 aliphatic rings. The Balaban J connectivity index is 1.28. The van der Waals surface area contributed by atoms with Crippen molar-refractivity contribution in [2.45, 2.75) is 31.1 Å². The Hall–Kier alpha value is -3.87. The van der Waals surface area contributed by atoms with Gasteiger partial charge in [-0.15, -0.1) is 0 Å². The van der Waals surface area contributed by atoms with Gasteiger partial charge in [-0.2, -0.15) is 0 Å². The van der Waals surface area contributed by atoms with Crippen LogP contribution in [0.4, 0.5) is 5.69 Å². The summed E-state index contributed by atoms with van der Waals surface area (Å²) in [4.78, 5) is 31.7. The zero-order valence-corrected chi connectivity index (χ0v) is 21.8. The first-order valence-electron chi connectivity index (χ1n) is 12.2. The Labute approximate surface area is 222 Å². The third-order valence-electron chi connectivity index (χ3n) is 6.09. The van der Waals surface area contributed by atoms with Gasteiger partial charge in [0.2, 0.25) is 0 Å². The molecule has 2 N–H and O–H groups in total. The van der Waals surface area contributed by atoms with E-state index < -0.39 is 0 Å². The molecule has 0 atom stereocenters. The van der Waals surface area contributed by atoms with Gasteiger partial charge in [0.15, 0.2) is 5.78 Å². The molecule has 4 aromatic rings. The van der Waals surface area contributed by atoms with Gasteiger partial charge in [-0.1, -0.05) is 78.9 Å². The van der Waals surface area contributed by atoms with Gasteiger partial charge in [0, 0.05) is 22.4 Å². The largest absolute Gasteiger partial charge is 0.343 e. The van der Waals surface area contributed by atoms with Crippen molar-refractivity contribution in [3.05, 3.63) is 119 Å². The standard InChI is InChI=1S/C31H30N2O3S/c1-22-26(14-9-16-29(22)37-32-2)24-20-18-23(19-21-24)10-8-17-30(34)36-33-28-15-7-6-13-27(28)31(35)25-11-4-3-5-12-25/h3-7,9,11-16,18-21,32-33H,8,10,17H2,1-2H3. The Morgan fingerprint density at radius 1 is 0.838 bits per heavy atom. The third-order valence-corrected chi connectivity index (χ3v) is 6.96. The molecule has 0 aliphatic heterocycles. The monoisotopic (exact) mass is 510 g/mol. The van der Waals surface area contributed by atoms with Crippen molar-refractivity contribution in [1.82, 2.24) is 4.72 Å². The lowest BCUT2D eigenvalue weighted by atomic mass is 9.98. The second-order valence-corrected chi connectivity index (χ2v) is 9.65. The van der Waals surface area contributed by atoms with Gasteiger partial charge in [-0.3, -0.25) is 9.52 Å². The van der Waals surface area contributed by atoms with Crippen LogP contribution in [0.15, 0.2) is 102 Å². The number of carbonyl (C=O) groups is 2. The predicted octanol–water partition coefficient (Wildman–Crippen LogP) is 7.01. The summed E-state index contributed by atoms with van der Waals surface area (Å²) < 4.78 is 3.14. The van der Waals surface area contributed by atoms with Gasteiger partial charge in [0.05, 0.1) is 5.69 Å². The molecule has 0 amide bonds. The lowest BCUT2D eigenvalue weighted by molar-refractivity contribution is -0.140. The molecule has 0 saturated carbocycles. The highest BCUT2D eigenvalue weighted by molar-refractivity contribution is 7.97. The summed E-state index contributed by atoms with van der Waals surface area (Å²) in [5.74, 6) is -0.501. The summed E-state index contributed by atoms with van der Waals surface area (Å²) in [5.41, 5.74) is 8.98. The molecular weight excluding hydrogens is 480 g/mol. The summed E-state index contributed by atoms with van der Waals surface area (Å²) in [6, 6.07) is 30.9. The van der Waals surface area contributed by atoms with Crippen molar-refractivity contribution in [3.63, 3.8) is 0 Å². The van der Waals surface area contributed by atoms with E-state index in [1.807, 2.05) is 25.2 Å². The van der Waals surface area contributed by atoms with Crippen LogP contribution in [0.2, 0.25) is 0 Å². The van der Waals surface area contributed by atoms with Crippen molar-refractivity contribution in [1.29, 1.82) is 0 Å². The SMILES string of the molecule is CNSc1cccc(-c2ccc(CCCC(=O)ONc3ccccc3C(=O)c3ccccc3)cc2)c1C. The van der Waals surface area contributed by atoms with E-state index in [1.54, 1.807) is 48.3 Å². The molecule has 0 saturated heterocycles. The van der Waals surface area contributed by atoms with Crippen LogP contribution in [0, 0.1) is 6.92 Å². The third kappa shape index (κ3) is 6.88. The van der Waals surface area contributed by atoms with Crippen LogP contribution >= 0.6 is 11.9 Å². The molecule has 0 bridgehead atoms. The number of benzene rings is 4. The van der Waals surface area contributed by atoms with Crippen molar-refractivity contribution in [2.75, 3.05) is 12.5 Å². The van der Waals surface area contributed by atoms with E-state index in [0.717, 1.165) is 6.42 Å². The first kappa shape index (κ1) is 26.2. The van der Waals surface area contributed by atoms with Gasteiger partial charge in [-0.25, -0.2) is 10.3 Å². The van der Waals surface area contributed by atoms with E-state index in [9.17, 15) is 9.59 Å². The quantitative estimate of drug-likeness (QED) is 0.128. The maximum Gasteiger partial charge on any atom is 0.332 e. The number of hydrogen-bond acceptors (Lipinski definition) is 6. The summed E-state index contributed by atoms with van der Waals surface area (Å²) in [7, 11) is 1.92. The molecular formula is C31H30N2O3S. The number of aryl methyl sites for hydroxylation is 1. The molecule has 0 heterocycles. The summed E-state index contributed by atoms with van der Waals surface area (Å²) in [6.07, 6.45) is 1.71. The van der Waals surface area contributed by atoms with Crippen molar-refractivity contribution < 1.29 is 14.4 Å². The molecule has 0 spiro atoms. The fourth-order valence-corrected chi connectivity index (χ4v) is 4.74. The smallest absolute Gasteiger partial charge is 0.332 e. The van der Waals surface area contributed by atoms with Crippen LogP contribution < -0.4 is 10.2 Å². The number of carbonyl (C=O) groups excluding carboxylic acids is 2. The van der Waals surface area contributed by atoms with Crippen molar-refractivity contribution in [3.8, 4) is 11.1 Å². The van der Waals surface area contributed by atoms with E-state index in [-0.39, 0.29) is 18.2 Å². The summed E-state index contributed by atoms with van der Waals surface area (Å²) >= 11 is 1.62. The summed E-state index contributed by atoms with van der Waals surface area (Å²) in [5, 5.41) is 0. The maximum absolute atomic E-state index is 12.8. The van der Waals surface area contributed by atoms with E-state index >= 15 is 0 Å². The average Bonchev–Trinajstić information content (AvgIpc) is 2.94. The van der Waals surface area contributed by atoms with Crippen molar-refractivity contribution in [2.24, 2.45) is 0 Å². The van der Waals surface area contributed by atoms with E-state index in [2.05, 4.69) is 59.6 Å². The summed E-state index contributed by atoms with van der Waals surface area (Å²) in [6.45, 7) is 2.14. The zero-order valence-electron chi connectivity index (χ0n) is 21.0. The Bertz CT molecular complexity index is 1350. The molecule has 4 aromatic carbocycles. The highest BCUT2D eigenvalue weighted by Gasteiger charge is 2.14. The van der Waals surface area contributed by atoms with Gasteiger partial charge in [0.1, 0.15) is 0 Å². The van der Waals surface area contributed by atoms with Crippen LogP contribution in [-0.2, 0) is 16.1 Å². The van der Waals surface area contributed by atoms with Gasteiger partial charge < -0.3 is 4.84 Å². The number of hydrogen-bond donors (Lipinski definition) is 2. The highest BCUT2D eigenvalue weighted by atomic mass is 32.2. The Morgan fingerprint density at radius 3 is 2.32 bits per heavy atom. The Kier molecular flexibility index (Phi) is 9.13. The molecule has 5 nitrogen and oxygen atoms in total. The van der Waals surface area contributed by atoms with Gasteiger partial charge >= 0.3 is 5.97 Å². The molecule has 0 radical (unpaired) electrons. The maximum atomic E-state index is 12.8. The van der Waals surface area contributed by atoms with E-state index in [0.29, 0.717) is 23.2 Å². The minimum Gasteiger partial charge on any atom is -0.343 e. The van der Waals surface area contributed by atoms with Crippen LogP contribution in [-0.4, -0.2) is 18.8 Å². The van der Waals surface area contributed by atoms with Crippen LogP contribution in [0.5, 0.6) is 0 Å². The number of nitrogens with one attached hydrogen (secondary N) is 2. The molecule has 6 heteroatoms. The number of rotatable bonds is 11. The van der Waals surface area contributed by atoms with E-state index in [1.165, 1.54) is 27.1 Å². The van der Waals surface area contributed by atoms with Crippen molar-refractivity contribution >= 4 is 29.4 Å². The zero-order chi connectivity index (χ0) is 26.0. The fraction of sp³-hybridized carbons (Fsp3) is 0.161. The number of ketones is 1. The molecule has 4 rings (SSSR count). The second kappa shape index (κ2) is 12.9. The van der Waals surface area contributed by atoms with Crippen LogP contribution in [0.3, 0.4) is 0 Å². The molecule has 0 unspecified atom stereocenters. The number of anilines is 1. The fourth-order valence-electron chi connectivity index (χ4n) is 4.11. The topological polar surface area (TPSA) is 67.4 Å². The second-order valence-electron chi connectivity index (χ2n) is 8.60. The molecule has 0 aliphatic carbocycles. The first-order valence-corrected chi connectivity index (χ1v) is 13.1. The molecule has 0 aromatic heterocycles. The lowest BCUT2D eigenvalue weighted by Gasteiger charge is -2.12. The predicted molar refractivity (Wildman–Crippen MR) is 151 cm³/mol. The highest BCUT2D eigenvalue weighted by Crippen LogP contribution is 2.30. The van der Waals surface area contributed by atoms with E-state index in [4.69, 9.17) is 4.84 Å². The van der Waals surface area contributed by atoms with Gasteiger partial charge in [-0.05, 0) is 79.2 Å². The van der Waals surface area contributed by atoms with Crippen LogP contribution in [0.1, 0.15) is 39.9 Å². The molecule has 188 valence electrons. The van der Waals surface area contributed by atoms with Gasteiger partial charge in [0.25, 0.3) is 0 Å². The average molecular weight is 511 g/mol. The minimum atomic E-state index is -0.368. The van der Waals surface area contributed by atoms with Crippen LogP contribution in [0.25, 0.3) is 11.1 Å².